The van der Waals surface area contributed by atoms with Gasteiger partial charge in [0.15, 0.2) is 28.9 Å². The Bertz CT molecular complexity index is 1370. The maximum atomic E-state index is 13.6. The van der Waals surface area contributed by atoms with Crippen molar-refractivity contribution in [3.05, 3.63) is 78.1 Å². The summed E-state index contributed by atoms with van der Waals surface area (Å²) in [5.74, 6) is -3.62. The number of nitrogens with one attached hydrogen (secondary N) is 1. The molecule has 0 unspecified atom stereocenters. The SMILES string of the molecule is Fc1cc(-c2ccc3nnc(CNc4ccnc5cccnc45)n3n2)cc(F)c1F. The molecule has 0 fully saturated rings. The van der Waals surface area contributed by atoms with Gasteiger partial charge >= 0.3 is 0 Å². The van der Waals surface area contributed by atoms with Crippen LogP contribution >= 0.6 is 0 Å². The first-order valence-electron chi connectivity index (χ1n) is 8.90. The van der Waals surface area contributed by atoms with Crippen LogP contribution in [-0.4, -0.2) is 29.8 Å². The van der Waals surface area contributed by atoms with Crippen molar-refractivity contribution < 1.29 is 13.2 Å². The van der Waals surface area contributed by atoms with Gasteiger partial charge in [0, 0.05) is 18.0 Å². The fourth-order valence-corrected chi connectivity index (χ4v) is 3.10. The van der Waals surface area contributed by atoms with Gasteiger partial charge in [-0.15, -0.1) is 10.2 Å². The summed E-state index contributed by atoms with van der Waals surface area (Å²) in [6.45, 7) is 0.263. The number of halogens is 3. The van der Waals surface area contributed by atoms with Crippen molar-refractivity contribution in [2.75, 3.05) is 5.32 Å². The molecule has 0 saturated carbocycles. The number of fused-ring (bicyclic) bond motifs is 2. The molecule has 5 rings (SSSR count). The van der Waals surface area contributed by atoms with E-state index >= 15 is 0 Å². The highest BCUT2D eigenvalue weighted by atomic mass is 19.2. The van der Waals surface area contributed by atoms with Crippen molar-refractivity contribution in [3.8, 4) is 11.3 Å². The third-order valence-electron chi connectivity index (χ3n) is 4.54. The maximum Gasteiger partial charge on any atom is 0.194 e. The van der Waals surface area contributed by atoms with Gasteiger partial charge in [-0.05, 0) is 42.5 Å². The number of pyridine rings is 2. The first kappa shape index (κ1) is 18.0. The van der Waals surface area contributed by atoms with E-state index in [0.717, 1.165) is 23.3 Å². The summed E-state index contributed by atoms with van der Waals surface area (Å²) in [5, 5.41) is 15.8. The van der Waals surface area contributed by atoms with Gasteiger partial charge in [0.05, 0.1) is 23.4 Å². The van der Waals surface area contributed by atoms with E-state index in [1.54, 1.807) is 30.6 Å². The molecule has 0 aliphatic heterocycles. The summed E-state index contributed by atoms with van der Waals surface area (Å²) < 4.78 is 41.9. The summed E-state index contributed by atoms with van der Waals surface area (Å²) in [4.78, 5) is 8.60. The van der Waals surface area contributed by atoms with Gasteiger partial charge < -0.3 is 5.32 Å². The van der Waals surface area contributed by atoms with Crippen molar-refractivity contribution >= 4 is 22.4 Å². The largest absolute Gasteiger partial charge is 0.376 e. The standard InChI is InChI=1S/C20H12F3N7/c21-12-8-11(9-13(22)19(12)23)14-3-4-17-27-28-18(30(17)29-14)10-26-16-5-7-24-15-2-1-6-25-20(15)16/h1-9H,10H2,(H,24,26). The Morgan fingerprint density at radius 2 is 1.73 bits per heavy atom. The third-order valence-corrected chi connectivity index (χ3v) is 4.54. The molecule has 10 heteroatoms. The van der Waals surface area contributed by atoms with Crippen molar-refractivity contribution in [2.45, 2.75) is 6.54 Å². The Morgan fingerprint density at radius 3 is 2.57 bits per heavy atom. The quantitative estimate of drug-likeness (QED) is 0.457. The predicted molar refractivity (Wildman–Crippen MR) is 103 cm³/mol. The van der Waals surface area contributed by atoms with Crippen LogP contribution in [0.25, 0.3) is 27.9 Å². The highest BCUT2D eigenvalue weighted by molar-refractivity contribution is 5.86. The fourth-order valence-electron chi connectivity index (χ4n) is 3.10. The van der Waals surface area contributed by atoms with Gasteiger partial charge in [-0.2, -0.15) is 9.61 Å². The Kier molecular flexibility index (Phi) is 4.24. The molecule has 30 heavy (non-hydrogen) atoms. The molecule has 0 amide bonds. The minimum Gasteiger partial charge on any atom is -0.376 e. The minimum absolute atomic E-state index is 0.102. The van der Waals surface area contributed by atoms with Crippen LogP contribution in [0.2, 0.25) is 0 Å². The van der Waals surface area contributed by atoms with Crippen LogP contribution in [-0.2, 0) is 6.54 Å². The molecule has 0 atom stereocenters. The number of hydrogen-bond acceptors (Lipinski definition) is 6. The molecule has 0 saturated heterocycles. The average molecular weight is 407 g/mol. The Balaban J connectivity index is 1.49. The van der Waals surface area contributed by atoms with E-state index in [9.17, 15) is 13.2 Å². The van der Waals surface area contributed by atoms with Crippen LogP contribution in [0, 0.1) is 17.5 Å². The zero-order valence-electron chi connectivity index (χ0n) is 15.2. The summed E-state index contributed by atoms with van der Waals surface area (Å²) >= 11 is 0. The lowest BCUT2D eigenvalue weighted by Crippen LogP contribution is -2.07. The van der Waals surface area contributed by atoms with Crippen LogP contribution in [0.5, 0.6) is 0 Å². The first-order valence-corrected chi connectivity index (χ1v) is 8.90. The number of nitrogens with zero attached hydrogens (tertiary/aromatic N) is 6. The molecule has 0 radical (unpaired) electrons. The molecule has 0 aliphatic carbocycles. The molecule has 4 heterocycles. The van der Waals surface area contributed by atoms with E-state index in [1.807, 2.05) is 6.07 Å². The van der Waals surface area contributed by atoms with Crippen molar-refractivity contribution in [1.29, 1.82) is 0 Å². The molecule has 0 bridgehead atoms. The molecule has 0 spiro atoms. The maximum absolute atomic E-state index is 13.6. The van der Waals surface area contributed by atoms with Gasteiger partial charge in [-0.3, -0.25) is 9.97 Å². The lowest BCUT2D eigenvalue weighted by Gasteiger charge is -2.08. The topological polar surface area (TPSA) is 80.9 Å². The van der Waals surface area contributed by atoms with Crippen LogP contribution in [0.15, 0.2) is 54.9 Å². The van der Waals surface area contributed by atoms with Crippen LogP contribution in [0.1, 0.15) is 5.82 Å². The minimum atomic E-state index is -1.52. The Hall–Kier alpha value is -4.08. The highest BCUT2D eigenvalue weighted by Crippen LogP contribution is 2.23. The zero-order chi connectivity index (χ0) is 20.7. The zero-order valence-corrected chi connectivity index (χ0v) is 15.2. The number of anilines is 1. The Morgan fingerprint density at radius 1 is 0.900 bits per heavy atom. The second-order valence-electron chi connectivity index (χ2n) is 6.44. The molecular weight excluding hydrogens is 395 g/mol. The molecule has 7 nitrogen and oxygen atoms in total. The third kappa shape index (κ3) is 3.08. The van der Waals surface area contributed by atoms with Crippen molar-refractivity contribution in [2.24, 2.45) is 0 Å². The molecule has 148 valence electrons. The molecule has 5 aromatic rings. The first-order chi connectivity index (χ1) is 14.6. The summed E-state index contributed by atoms with van der Waals surface area (Å²) in [6, 6.07) is 10.4. The monoisotopic (exact) mass is 407 g/mol. The number of aromatic nitrogens is 6. The van der Waals surface area contributed by atoms with Crippen LogP contribution in [0.3, 0.4) is 0 Å². The molecule has 1 N–H and O–H groups in total. The van der Waals surface area contributed by atoms with Crippen molar-refractivity contribution in [1.82, 2.24) is 29.8 Å². The predicted octanol–water partition coefficient (Wildman–Crippen LogP) is 3.76. The summed E-state index contributed by atoms with van der Waals surface area (Å²) in [7, 11) is 0. The average Bonchev–Trinajstić information content (AvgIpc) is 3.18. The molecular formula is C20H12F3N7. The van der Waals surface area contributed by atoms with E-state index in [-0.39, 0.29) is 17.8 Å². The van der Waals surface area contributed by atoms with E-state index in [0.29, 0.717) is 17.0 Å². The Labute approximate surface area is 167 Å². The van der Waals surface area contributed by atoms with Gasteiger partial charge in [-0.1, -0.05) is 0 Å². The smallest absolute Gasteiger partial charge is 0.194 e. The summed E-state index contributed by atoms with van der Waals surface area (Å²) in [5.41, 5.74) is 3.02. The van der Waals surface area contributed by atoms with E-state index in [4.69, 9.17) is 0 Å². The van der Waals surface area contributed by atoms with Crippen LogP contribution in [0.4, 0.5) is 18.9 Å². The van der Waals surface area contributed by atoms with Gasteiger partial charge in [0.1, 0.15) is 5.52 Å². The van der Waals surface area contributed by atoms with Gasteiger partial charge in [0.25, 0.3) is 0 Å². The normalized spacial score (nSPS) is 11.3. The lowest BCUT2D eigenvalue weighted by molar-refractivity contribution is 0.447. The lowest BCUT2D eigenvalue weighted by atomic mass is 10.1. The van der Waals surface area contributed by atoms with E-state index < -0.39 is 17.5 Å². The molecule has 4 aromatic heterocycles. The second-order valence-corrected chi connectivity index (χ2v) is 6.44. The summed E-state index contributed by atoms with van der Waals surface area (Å²) in [6.07, 6.45) is 3.35. The second kappa shape index (κ2) is 7.07. The van der Waals surface area contributed by atoms with E-state index in [1.165, 1.54) is 10.6 Å². The van der Waals surface area contributed by atoms with Crippen molar-refractivity contribution in [3.63, 3.8) is 0 Å². The number of rotatable bonds is 4. The fraction of sp³-hybridized carbons (Fsp3) is 0.0500. The van der Waals surface area contributed by atoms with E-state index in [2.05, 4.69) is 30.6 Å². The highest BCUT2D eigenvalue weighted by Gasteiger charge is 2.14. The number of benzene rings is 1. The van der Waals surface area contributed by atoms with Gasteiger partial charge in [-0.25, -0.2) is 13.2 Å². The van der Waals surface area contributed by atoms with Gasteiger partial charge in [0.2, 0.25) is 0 Å². The number of hydrogen-bond donors (Lipinski definition) is 1. The van der Waals surface area contributed by atoms with Crippen LogP contribution < -0.4 is 5.32 Å². The molecule has 0 aliphatic rings. The molecule has 1 aromatic carbocycles.